The predicted octanol–water partition coefficient (Wildman–Crippen LogP) is 3.28. The second-order valence-corrected chi connectivity index (χ2v) is 6.34. The molecule has 1 aliphatic rings. The molecule has 2 aromatic rings. The zero-order valence-corrected chi connectivity index (χ0v) is 14.0. The Bertz CT molecular complexity index is 712. The minimum atomic E-state index is -0.696. The molecule has 25 heavy (non-hydrogen) atoms. The zero-order chi connectivity index (χ0) is 17.6. The lowest BCUT2D eigenvalue weighted by Crippen LogP contribution is -2.41. The van der Waals surface area contributed by atoms with E-state index in [1.165, 1.54) is 12.1 Å². The van der Waals surface area contributed by atoms with Crippen molar-refractivity contribution in [2.75, 3.05) is 13.1 Å². The van der Waals surface area contributed by atoms with Crippen LogP contribution >= 0.6 is 0 Å². The minimum absolute atomic E-state index is 0.0217. The van der Waals surface area contributed by atoms with Gasteiger partial charge < -0.3 is 14.7 Å². The Kier molecular flexibility index (Phi) is 5.66. The fourth-order valence-corrected chi connectivity index (χ4v) is 3.01. The molecular weight excluding hydrogens is 321 g/mol. The summed E-state index contributed by atoms with van der Waals surface area (Å²) in [6.45, 7) is 1.89. The van der Waals surface area contributed by atoms with E-state index in [1.807, 2.05) is 30.3 Å². The van der Waals surface area contributed by atoms with Gasteiger partial charge in [0.25, 0.3) is 0 Å². The summed E-state index contributed by atoms with van der Waals surface area (Å²) in [6.07, 6.45) is 1.92. The number of piperidine rings is 1. The summed E-state index contributed by atoms with van der Waals surface area (Å²) in [5, 5.41) is 9.20. The highest BCUT2D eigenvalue weighted by Gasteiger charge is 2.23. The zero-order valence-electron chi connectivity index (χ0n) is 14.0. The number of phenolic OH excluding ortho intramolecular Hbond substituents is 1. The van der Waals surface area contributed by atoms with Gasteiger partial charge in [-0.15, -0.1) is 0 Å². The molecule has 3 rings (SSSR count). The highest BCUT2D eigenvalue weighted by atomic mass is 19.1. The van der Waals surface area contributed by atoms with Crippen molar-refractivity contribution in [3.8, 4) is 5.75 Å². The Balaban J connectivity index is 1.45. The topological polar surface area (TPSA) is 49.8 Å². The summed E-state index contributed by atoms with van der Waals surface area (Å²) < 4.78 is 19.3. The van der Waals surface area contributed by atoms with Crippen molar-refractivity contribution in [1.29, 1.82) is 0 Å². The highest BCUT2D eigenvalue weighted by Crippen LogP contribution is 2.19. The number of hydrogen-bond acceptors (Lipinski definition) is 3. The van der Waals surface area contributed by atoms with E-state index in [1.54, 1.807) is 11.0 Å². The van der Waals surface area contributed by atoms with Crippen LogP contribution in [0.1, 0.15) is 24.0 Å². The Hall–Kier alpha value is -2.40. The number of aromatic hydroxyl groups is 1. The first-order chi connectivity index (χ1) is 12.1. The van der Waals surface area contributed by atoms with Gasteiger partial charge in [-0.25, -0.2) is 4.39 Å². The van der Waals surface area contributed by atoms with Crippen molar-refractivity contribution in [3.63, 3.8) is 0 Å². The summed E-state index contributed by atoms with van der Waals surface area (Å²) in [6, 6.07) is 14.1. The molecule has 1 N–H and O–H groups in total. The molecule has 0 saturated carbocycles. The number of hydrogen-bond donors (Lipinski definition) is 1. The second kappa shape index (κ2) is 8.12. The lowest BCUT2D eigenvalue weighted by molar-refractivity contribution is -0.133. The molecule has 4 nitrogen and oxygen atoms in total. The number of rotatable bonds is 5. The van der Waals surface area contributed by atoms with Gasteiger partial charge in [0.15, 0.2) is 11.6 Å². The van der Waals surface area contributed by atoms with E-state index in [4.69, 9.17) is 4.74 Å². The van der Waals surface area contributed by atoms with Crippen molar-refractivity contribution >= 4 is 5.91 Å². The Morgan fingerprint density at radius 1 is 1.12 bits per heavy atom. The summed E-state index contributed by atoms with van der Waals surface area (Å²) in [5.41, 5.74) is 1.72. The molecule has 2 aromatic carbocycles. The number of ether oxygens (including phenoxy) is 1. The van der Waals surface area contributed by atoms with Crippen LogP contribution in [0.5, 0.6) is 5.75 Å². The molecule has 0 bridgehead atoms. The molecule has 1 aliphatic heterocycles. The van der Waals surface area contributed by atoms with Gasteiger partial charge in [-0.1, -0.05) is 36.4 Å². The molecule has 0 aromatic heterocycles. The summed E-state index contributed by atoms with van der Waals surface area (Å²) in [7, 11) is 0. The number of benzene rings is 2. The monoisotopic (exact) mass is 343 g/mol. The number of carbonyl (C=O) groups excluding carboxylic acids is 1. The molecule has 0 atom stereocenters. The van der Waals surface area contributed by atoms with Crippen LogP contribution < -0.4 is 0 Å². The largest absolute Gasteiger partial charge is 0.505 e. The van der Waals surface area contributed by atoms with Crippen molar-refractivity contribution < 1.29 is 19.0 Å². The van der Waals surface area contributed by atoms with E-state index < -0.39 is 11.6 Å². The maximum absolute atomic E-state index is 13.4. The van der Waals surface area contributed by atoms with E-state index in [0.717, 1.165) is 18.4 Å². The lowest BCUT2D eigenvalue weighted by atomic mass is 10.1. The van der Waals surface area contributed by atoms with Crippen LogP contribution in [0.25, 0.3) is 0 Å². The van der Waals surface area contributed by atoms with Crippen molar-refractivity contribution in [2.24, 2.45) is 0 Å². The fraction of sp³-hybridized carbons (Fsp3) is 0.350. The molecule has 1 amide bonds. The van der Waals surface area contributed by atoms with Crippen LogP contribution in [0.15, 0.2) is 48.5 Å². The van der Waals surface area contributed by atoms with Gasteiger partial charge in [0, 0.05) is 13.1 Å². The standard InChI is InChI=1S/C20H22FNO3/c21-18-12-16(6-7-19(18)23)13-20(24)22-10-8-17(9-11-22)25-14-15-4-2-1-3-5-15/h1-7,12,17,23H,8-11,13-14H2. The number of amides is 1. The first kappa shape index (κ1) is 17.4. The molecule has 1 saturated heterocycles. The fourth-order valence-electron chi connectivity index (χ4n) is 3.01. The average Bonchev–Trinajstić information content (AvgIpc) is 2.64. The number of phenols is 1. The van der Waals surface area contributed by atoms with Gasteiger partial charge >= 0.3 is 0 Å². The predicted molar refractivity (Wildman–Crippen MR) is 92.6 cm³/mol. The number of halogens is 1. The molecule has 0 spiro atoms. The van der Waals surface area contributed by atoms with Gasteiger partial charge in [0.05, 0.1) is 19.1 Å². The van der Waals surface area contributed by atoms with Gasteiger partial charge in [-0.05, 0) is 36.1 Å². The first-order valence-corrected chi connectivity index (χ1v) is 8.52. The summed E-state index contributed by atoms with van der Waals surface area (Å²) in [4.78, 5) is 14.1. The van der Waals surface area contributed by atoms with E-state index in [-0.39, 0.29) is 18.4 Å². The molecule has 0 unspecified atom stereocenters. The minimum Gasteiger partial charge on any atom is -0.505 e. The molecule has 0 aliphatic carbocycles. The van der Waals surface area contributed by atoms with Crippen LogP contribution in [0, 0.1) is 5.82 Å². The Morgan fingerprint density at radius 2 is 1.84 bits per heavy atom. The maximum atomic E-state index is 13.4. The number of likely N-dealkylation sites (tertiary alicyclic amines) is 1. The molecule has 1 heterocycles. The van der Waals surface area contributed by atoms with E-state index >= 15 is 0 Å². The van der Waals surface area contributed by atoms with Crippen molar-refractivity contribution in [1.82, 2.24) is 4.90 Å². The van der Waals surface area contributed by atoms with Crippen molar-refractivity contribution in [3.05, 3.63) is 65.5 Å². The third kappa shape index (κ3) is 4.79. The molecule has 0 radical (unpaired) electrons. The van der Waals surface area contributed by atoms with E-state index in [0.29, 0.717) is 25.3 Å². The third-order valence-corrected chi connectivity index (χ3v) is 4.49. The van der Waals surface area contributed by atoms with Crippen LogP contribution in [0.4, 0.5) is 4.39 Å². The summed E-state index contributed by atoms with van der Waals surface area (Å²) in [5.74, 6) is -1.11. The first-order valence-electron chi connectivity index (χ1n) is 8.52. The quantitative estimate of drug-likeness (QED) is 0.906. The second-order valence-electron chi connectivity index (χ2n) is 6.34. The molecule has 5 heteroatoms. The highest BCUT2D eigenvalue weighted by molar-refractivity contribution is 5.78. The van der Waals surface area contributed by atoms with E-state index in [2.05, 4.69) is 0 Å². The normalized spacial score (nSPS) is 15.3. The van der Waals surface area contributed by atoms with Gasteiger partial charge in [-0.3, -0.25) is 4.79 Å². The number of carbonyl (C=O) groups is 1. The van der Waals surface area contributed by atoms with Crippen LogP contribution in [0.2, 0.25) is 0 Å². The third-order valence-electron chi connectivity index (χ3n) is 4.49. The SMILES string of the molecule is O=C(Cc1ccc(O)c(F)c1)N1CCC(OCc2ccccc2)CC1. The van der Waals surface area contributed by atoms with Crippen LogP contribution in [-0.4, -0.2) is 35.1 Å². The van der Waals surface area contributed by atoms with Gasteiger partial charge in [0.1, 0.15) is 0 Å². The Morgan fingerprint density at radius 3 is 2.52 bits per heavy atom. The molecule has 132 valence electrons. The van der Waals surface area contributed by atoms with Crippen LogP contribution in [-0.2, 0) is 22.6 Å². The smallest absolute Gasteiger partial charge is 0.226 e. The molecular formula is C20H22FNO3. The average molecular weight is 343 g/mol. The summed E-state index contributed by atoms with van der Waals surface area (Å²) >= 11 is 0. The number of nitrogens with zero attached hydrogens (tertiary/aromatic N) is 1. The van der Waals surface area contributed by atoms with Crippen LogP contribution in [0.3, 0.4) is 0 Å². The van der Waals surface area contributed by atoms with Crippen molar-refractivity contribution in [2.45, 2.75) is 32.0 Å². The van der Waals surface area contributed by atoms with Gasteiger partial charge in [-0.2, -0.15) is 0 Å². The van der Waals surface area contributed by atoms with E-state index in [9.17, 15) is 14.3 Å². The molecule has 1 fully saturated rings. The maximum Gasteiger partial charge on any atom is 0.226 e. The Labute approximate surface area is 146 Å². The van der Waals surface area contributed by atoms with Gasteiger partial charge in [0.2, 0.25) is 5.91 Å². The lowest BCUT2D eigenvalue weighted by Gasteiger charge is -2.32.